The molecular weight excluding hydrogens is 196 g/mol. The Bertz CT molecular complexity index is 339. The maximum Gasteiger partial charge on any atom is 0.246 e. The Hall–Kier alpha value is -1.13. The number of hydrogen-bond acceptors (Lipinski definition) is 3. The van der Waals surface area contributed by atoms with Gasteiger partial charge in [-0.3, -0.25) is 4.79 Å². The molecule has 2 heterocycles. The lowest BCUT2D eigenvalue weighted by molar-refractivity contribution is -0.130. The first kappa shape index (κ1) is 9.43. The maximum atomic E-state index is 11.5. The van der Waals surface area contributed by atoms with Crippen LogP contribution in [-0.2, 0) is 4.79 Å². The Balaban J connectivity index is 1.89. The fourth-order valence-corrected chi connectivity index (χ4v) is 1.96. The molecule has 0 aromatic carbocycles. The van der Waals surface area contributed by atoms with Crippen molar-refractivity contribution in [2.75, 3.05) is 13.1 Å². The maximum absolute atomic E-state index is 11.5. The van der Waals surface area contributed by atoms with E-state index in [-0.39, 0.29) is 11.9 Å². The molecule has 0 atom stereocenters. The second kappa shape index (κ2) is 3.94. The molecule has 74 valence electrons. The smallest absolute Gasteiger partial charge is 0.246 e. The zero-order valence-corrected chi connectivity index (χ0v) is 8.54. The third kappa shape index (κ3) is 2.02. The van der Waals surface area contributed by atoms with Crippen LogP contribution in [0.1, 0.15) is 4.88 Å². The standard InChI is InChI=1S/C10H12N2OS/c11-8-6-12(7-8)10(13)4-3-9-2-1-5-14-9/h1-5,8H,6-7,11H2/b4-3+. The summed E-state index contributed by atoms with van der Waals surface area (Å²) >= 11 is 1.62. The summed E-state index contributed by atoms with van der Waals surface area (Å²) in [5.41, 5.74) is 5.58. The fourth-order valence-electron chi connectivity index (χ4n) is 1.34. The van der Waals surface area contributed by atoms with Crippen molar-refractivity contribution < 1.29 is 4.79 Å². The quantitative estimate of drug-likeness (QED) is 0.735. The molecule has 14 heavy (non-hydrogen) atoms. The number of thiophene rings is 1. The van der Waals surface area contributed by atoms with Crippen LogP contribution in [0.4, 0.5) is 0 Å². The van der Waals surface area contributed by atoms with E-state index in [2.05, 4.69) is 0 Å². The molecule has 1 amide bonds. The molecule has 2 N–H and O–H groups in total. The average Bonchev–Trinajstić information content (AvgIpc) is 2.61. The highest BCUT2D eigenvalue weighted by molar-refractivity contribution is 7.10. The predicted octanol–water partition coefficient (Wildman–Crippen LogP) is 0.931. The summed E-state index contributed by atoms with van der Waals surface area (Å²) in [4.78, 5) is 14.3. The lowest BCUT2D eigenvalue weighted by Crippen LogP contribution is -2.57. The van der Waals surface area contributed by atoms with Gasteiger partial charge >= 0.3 is 0 Å². The highest BCUT2D eigenvalue weighted by Gasteiger charge is 2.25. The van der Waals surface area contributed by atoms with E-state index < -0.39 is 0 Å². The van der Waals surface area contributed by atoms with Gasteiger partial charge in [0, 0.05) is 30.1 Å². The van der Waals surface area contributed by atoms with Crippen LogP contribution in [0, 0.1) is 0 Å². The molecule has 0 saturated carbocycles. The lowest BCUT2D eigenvalue weighted by Gasteiger charge is -2.35. The molecule has 1 aromatic heterocycles. The van der Waals surface area contributed by atoms with Crippen LogP contribution in [0.25, 0.3) is 6.08 Å². The SMILES string of the molecule is NC1CN(C(=O)/C=C/c2cccs2)C1. The topological polar surface area (TPSA) is 46.3 Å². The van der Waals surface area contributed by atoms with Gasteiger partial charge in [-0.2, -0.15) is 0 Å². The average molecular weight is 208 g/mol. The zero-order valence-electron chi connectivity index (χ0n) is 7.72. The summed E-state index contributed by atoms with van der Waals surface area (Å²) in [5.74, 6) is 0.0556. The Morgan fingerprint density at radius 3 is 3.00 bits per heavy atom. The van der Waals surface area contributed by atoms with Gasteiger partial charge in [0.15, 0.2) is 0 Å². The van der Waals surface area contributed by atoms with E-state index in [1.54, 1.807) is 22.3 Å². The molecule has 0 spiro atoms. The second-order valence-corrected chi connectivity index (χ2v) is 4.33. The normalized spacial score (nSPS) is 17.4. The molecule has 0 unspecified atom stereocenters. The Morgan fingerprint density at radius 2 is 2.43 bits per heavy atom. The Kier molecular flexibility index (Phi) is 2.65. The minimum absolute atomic E-state index is 0.0556. The van der Waals surface area contributed by atoms with E-state index in [0.717, 1.165) is 4.88 Å². The van der Waals surface area contributed by atoms with E-state index >= 15 is 0 Å². The van der Waals surface area contributed by atoms with Gasteiger partial charge in [0.05, 0.1) is 0 Å². The van der Waals surface area contributed by atoms with Gasteiger partial charge in [-0.25, -0.2) is 0 Å². The first-order chi connectivity index (χ1) is 6.75. The van der Waals surface area contributed by atoms with E-state index in [0.29, 0.717) is 13.1 Å². The zero-order chi connectivity index (χ0) is 9.97. The largest absolute Gasteiger partial charge is 0.336 e. The van der Waals surface area contributed by atoms with Gasteiger partial charge < -0.3 is 10.6 Å². The van der Waals surface area contributed by atoms with Crippen molar-refractivity contribution in [2.24, 2.45) is 5.73 Å². The first-order valence-corrected chi connectivity index (χ1v) is 5.40. The van der Waals surface area contributed by atoms with E-state index in [1.165, 1.54) is 0 Å². The molecule has 1 saturated heterocycles. The number of nitrogens with zero attached hydrogens (tertiary/aromatic N) is 1. The molecule has 1 aliphatic heterocycles. The van der Waals surface area contributed by atoms with Crippen molar-refractivity contribution in [3.63, 3.8) is 0 Å². The van der Waals surface area contributed by atoms with Crippen LogP contribution in [-0.4, -0.2) is 29.9 Å². The number of hydrogen-bond donors (Lipinski definition) is 1. The Labute approximate surface area is 86.8 Å². The number of carbonyl (C=O) groups excluding carboxylic acids is 1. The summed E-state index contributed by atoms with van der Waals surface area (Å²) in [6.45, 7) is 1.38. The Morgan fingerprint density at radius 1 is 1.64 bits per heavy atom. The van der Waals surface area contributed by atoms with E-state index in [1.807, 2.05) is 23.6 Å². The van der Waals surface area contributed by atoms with Crippen molar-refractivity contribution in [3.8, 4) is 0 Å². The van der Waals surface area contributed by atoms with Crippen LogP contribution >= 0.6 is 11.3 Å². The van der Waals surface area contributed by atoms with Crippen LogP contribution in [0.5, 0.6) is 0 Å². The summed E-state index contributed by atoms with van der Waals surface area (Å²) in [7, 11) is 0. The summed E-state index contributed by atoms with van der Waals surface area (Å²) < 4.78 is 0. The highest BCUT2D eigenvalue weighted by Crippen LogP contribution is 2.12. The number of nitrogens with two attached hydrogens (primary N) is 1. The molecular formula is C10H12N2OS. The van der Waals surface area contributed by atoms with Crippen molar-refractivity contribution in [2.45, 2.75) is 6.04 Å². The van der Waals surface area contributed by atoms with Gasteiger partial charge in [-0.05, 0) is 17.5 Å². The number of carbonyl (C=O) groups is 1. The number of likely N-dealkylation sites (tertiary alicyclic amines) is 1. The number of rotatable bonds is 2. The van der Waals surface area contributed by atoms with Crippen LogP contribution in [0.2, 0.25) is 0 Å². The molecule has 0 aliphatic carbocycles. The monoisotopic (exact) mass is 208 g/mol. The molecule has 1 aromatic rings. The third-order valence-corrected chi connectivity index (χ3v) is 2.99. The van der Waals surface area contributed by atoms with Crippen molar-refractivity contribution in [1.29, 1.82) is 0 Å². The minimum Gasteiger partial charge on any atom is -0.336 e. The molecule has 2 rings (SSSR count). The summed E-state index contributed by atoms with van der Waals surface area (Å²) in [5, 5.41) is 1.99. The van der Waals surface area contributed by atoms with Crippen LogP contribution in [0.3, 0.4) is 0 Å². The third-order valence-electron chi connectivity index (χ3n) is 2.15. The van der Waals surface area contributed by atoms with E-state index in [4.69, 9.17) is 5.73 Å². The van der Waals surface area contributed by atoms with Gasteiger partial charge in [-0.1, -0.05) is 6.07 Å². The second-order valence-electron chi connectivity index (χ2n) is 3.35. The minimum atomic E-state index is 0.0556. The molecule has 1 fully saturated rings. The van der Waals surface area contributed by atoms with Crippen molar-refractivity contribution >= 4 is 23.3 Å². The van der Waals surface area contributed by atoms with E-state index in [9.17, 15) is 4.79 Å². The van der Waals surface area contributed by atoms with Gasteiger partial charge in [0.25, 0.3) is 0 Å². The highest BCUT2D eigenvalue weighted by atomic mass is 32.1. The van der Waals surface area contributed by atoms with Crippen molar-refractivity contribution in [3.05, 3.63) is 28.5 Å². The van der Waals surface area contributed by atoms with Gasteiger partial charge in [0.1, 0.15) is 0 Å². The predicted molar refractivity (Wildman–Crippen MR) is 57.9 cm³/mol. The molecule has 4 heteroatoms. The number of amides is 1. The molecule has 0 bridgehead atoms. The molecule has 1 aliphatic rings. The summed E-state index contributed by atoms with van der Waals surface area (Å²) in [6.07, 6.45) is 3.45. The summed E-state index contributed by atoms with van der Waals surface area (Å²) in [6, 6.07) is 4.12. The lowest BCUT2D eigenvalue weighted by atomic mass is 10.1. The first-order valence-electron chi connectivity index (χ1n) is 4.52. The van der Waals surface area contributed by atoms with Crippen molar-refractivity contribution in [1.82, 2.24) is 4.90 Å². The molecule has 3 nitrogen and oxygen atoms in total. The van der Waals surface area contributed by atoms with Crippen LogP contribution < -0.4 is 5.73 Å². The van der Waals surface area contributed by atoms with Gasteiger partial charge in [-0.15, -0.1) is 11.3 Å². The van der Waals surface area contributed by atoms with Crippen LogP contribution in [0.15, 0.2) is 23.6 Å². The fraction of sp³-hybridized carbons (Fsp3) is 0.300. The molecule has 0 radical (unpaired) electrons. The van der Waals surface area contributed by atoms with Gasteiger partial charge in [0.2, 0.25) is 5.91 Å².